The summed E-state index contributed by atoms with van der Waals surface area (Å²) < 4.78 is 11.3. The molecule has 0 unspecified atom stereocenters. The highest BCUT2D eigenvalue weighted by Gasteiger charge is 2.32. The number of likely N-dealkylation sites (tertiary alicyclic amines) is 2. The van der Waals surface area contributed by atoms with Crippen molar-refractivity contribution in [2.24, 2.45) is 5.92 Å². The Morgan fingerprint density at radius 3 is 2.43 bits per heavy atom. The van der Waals surface area contributed by atoms with Gasteiger partial charge in [-0.05, 0) is 74.9 Å². The molecule has 0 amide bonds. The summed E-state index contributed by atoms with van der Waals surface area (Å²) in [6.45, 7) is 4.97. The quantitative estimate of drug-likeness (QED) is 0.500. The first kappa shape index (κ1) is 25.5. The van der Waals surface area contributed by atoms with Crippen molar-refractivity contribution in [2.45, 2.75) is 44.2 Å². The van der Waals surface area contributed by atoms with Crippen molar-refractivity contribution in [1.29, 1.82) is 5.26 Å². The summed E-state index contributed by atoms with van der Waals surface area (Å²) in [7, 11) is 1.48. The molecule has 4 rings (SSSR count). The molecule has 0 N–H and O–H groups in total. The molecule has 2 heterocycles. The van der Waals surface area contributed by atoms with Crippen LogP contribution < -0.4 is 4.74 Å². The number of esters is 1. The zero-order valence-corrected chi connectivity index (χ0v) is 21.1. The lowest BCUT2D eigenvalue weighted by atomic mass is 9.93. The number of hydrogen-bond donors (Lipinski definition) is 0. The number of piperidine rings is 2. The molecule has 0 saturated carbocycles. The summed E-state index contributed by atoms with van der Waals surface area (Å²) in [4.78, 5) is 17.4. The van der Waals surface area contributed by atoms with Crippen LogP contribution in [0.3, 0.4) is 0 Å². The molecule has 2 aromatic carbocycles. The first-order valence-corrected chi connectivity index (χ1v) is 12.9. The molecular weight excluding hydrogens is 462 g/mol. The molecule has 6 nitrogen and oxygen atoms in total. The summed E-state index contributed by atoms with van der Waals surface area (Å²) in [5.41, 5.74) is 1.71. The number of hydrogen-bond acceptors (Lipinski definition) is 6. The summed E-state index contributed by atoms with van der Waals surface area (Å²) in [6.07, 6.45) is 4.97. The van der Waals surface area contributed by atoms with E-state index in [9.17, 15) is 4.79 Å². The van der Waals surface area contributed by atoms with Crippen molar-refractivity contribution in [2.75, 3.05) is 39.8 Å². The molecule has 0 aromatic heterocycles. The number of benzene rings is 2. The second-order valence-electron chi connectivity index (χ2n) is 9.58. The molecule has 1 atom stereocenters. The van der Waals surface area contributed by atoms with Crippen LogP contribution in [0.2, 0.25) is 5.02 Å². The van der Waals surface area contributed by atoms with Crippen LogP contribution in [-0.4, -0.2) is 67.7 Å². The van der Waals surface area contributed by atoms with Gasteiger partial charge in [-0.2, -0.15) is 5.26 Å². The normalized spacial score (nSPS) is 19.1. The number of carbonyl (C=O) groups is 1. The maximum Gasteiger partial charge on any atom is 0.323 e. The molecule has 186 valence electrons. The number of ether oxygens (including phenoxy) is 2. The number of methoxy groups -OCH3 is 1. The van der Waals surface area contributed by atoms with Gasteiger partial charge in [0.25, 0.3) is 0 Å². The van der Waals surface area contributed by atoms with Gasteiger partial charge in [0.05, 0.1) is 23.8 Å². The summed E-state index contributed by atoms with van der Waals surface area (Å²) in [5, 5.41) is 9.49. The van der Waals surface area contributed by atoms with E-state index in [1.807, 2.05) is 18.2 Å². The molecule has 2 aliphatic heterocycles. The minimum absolute atomic E-state index is 0.142. The Bertz CT molecular complexity index is 1010. The van der Waals surface area contributed by atoms with Gasteiger partial charge in [-0.1, -0.05) is 41.9 Å². The third-order valence-electron chi connectivity index (χ3n) is 7.24. The molecule has 35 heavy (non-hydrogen) atoms. The van der Waals surface area contributed by atoms with E-state index < -0.39 is 0 Å². The highest BCUT2D eigenvalue weighted by atomic mass is 35.5. The van der Waals surface area contributed by atoms with Crippen LogP contribution in [0, 0.1) is 17.2 Å². The number of nitriles is 1. The second-order valence-corrected chi connectivity index (χ2v) is 9.99. The van der Waals surface area contributed by atoms with Gasteiger partial charge in [-0.25, -0.2) is 0 Å². The largest absolute Gasteiger partial charge is 0.489 e. The maximum absolute atomic E-state index is 12.5. The molecule has 0 bridgehead atoms. The minimum atomic E-state index is -0.217. The Labute approximate surface area is 213 Å². The third-order valence-corrected chi connectivity index (χ3v) is 7.54. The lowest BCUT2D eigenvalue weighted by Gasteiger charge is -2.39. The van der Waals surface area contributed by atoms with Crippen LogP contribution >= 0.6 is 11.6 Å². The minimum Gasteiger partial charge on any atom is -0.489 e. The summed E-state index contributed by atoms with van der Waals surface area (Å²) in [6, 6.07) is 17.3. The van der Waals surface area contributed by atoms with Crippen molar-refractivity contribution in [3.8, 4) is 11.8 Å². The molecule has 2 fully saturated rings. The molecule has 7 heteroatoms. The van der Waals surface area contributed by atoms with Gasteiger partial charge in [0.1, 0.15) is 17.9 Å². The highest BCUT2D eigenvalue weighted by molar-refractivity contribution is 6.32. The summed E-state index contributed by atoms with van der Waals surface area (Å²) >= 11 is 6.27. The topological polar surface area (TPSA) is 65.8 Å². The Balaban J connectivity index is 1.22. The van der Waals surface area contributed by atoms with Crippen molar-refractivity contribution in [1.82, 2.24) is 9.80 Å². The number of nitrogens with zero attached hydrogens (tertiary/aromatic N) is 3. The van der Waals surface area contributed by atoms with Crippen LogP contribution in [0.4, 0.5) is 0 Å². The number of carbonyl (C=O) groups excluding carboxylic acids is 1. The van der Waals surface area contributed by atoms with Crippen molar-refractivity contribution in [3.05, 3.63) is 64.7 Å². The number of halogens is 1. The lowest BCUT2D eigenvalue weighted by Crippen LogP contribution is -2.49. The smallest absolute Gasteiger partial charge is 0.323 e. The Hall–Kier alpha value is -2.59. The SMILES string of the molecule is COC(=O)[C@H](Cc1ccccc1)N1CCC(CN2CCC(Oc3ccc(C#N)cc3Cl)CC2)CC1. The van der Waals surface area contributed by atoms with Crippen LogP contribution in [0.1, 0.15) is 36.8 Å². The second kappa shape index (κ2) is 12.4. The van der Waals surface area contributed by atoms with E-state index in [-0.39, 0.29) is 18.1 Å². The average molecular weight is 496 g/mol. The molecule has 2 saturated heterocycles. The van der Waals surface area contributed by atoms with Crippen molar-refractivity contribution >= 4 is 17.6 Å². The molecule has 2 aromatic rings. The molecule has 2 aliphatic rings. The predicted molar refractivity (Wildman–Crippen MR) is 137 cm³/mol. The van der Waals surface area contributed by atoms with Gasteiger partial charge < -0.3 is 14.4 Å². The van der Waals surface area contributed by atoms with E-state index in [1.165, 1.54) is 7.11 Å². The zero-order valence-electron chi connectivity index (χ0n) is 20.4. The monoisotopic (exact) mass is 495 g/mol. The van der Waals surface area contributed by atoms with Crippen molar-refractivity contribution < 1.29 is 14.3 Å². The van der Waals surface area contributed by atoms with E-state index in [2.05, 4.69) is 28.0 Å². The lowest BCUT2D eigenvalue weighted by molar-refractivity contribution is -0.147. The third kappa shape index (κ3) is 6.98. The Kier molecular flexibility index (Phi) is 9.03. The van der Waals surface area contributed by atoms with Gasteiger partial charge in [-0.3, -0.25) is 9.69 Å². The predicted octanol–water partition coefficient (Wildman–Crippen LogP) is 4.55. The van der Waals surface area contributed by atoms with Gasteiger partial charge >= 0.3 is 5.97 Å². The first-order valence-electron chi connectivity index (χ1n) is 12.5. The molecular formula is C28H34ClN3O3. The van der Waals surface area contributed by atoms with E-state index in [4.69, 9.17) is 26.3 Å². The highest BCUT2D eigenvalue weighted by Crippen LogP contribution is 2.29. The first-order chi connectivity index (χ1) is 17.1. The Morgan fingerprint density at radius 1 is 1.09 bits per heavy atom. The van der Waals surface area contributed by atoms with Crippen LogP contribution in [0.5, 0.6) is 5.75 Å². The van der Waals surface area contributed by atoms with Gasteiger partial charge in [0.2, 0.25) is 0 Å². The number of rotatable bonds is 8. The van der Waals surface area contributed by atoms with Gasteiger partial charge in [0, 0.05) is 19.6 Å². The fraction of sp³-hybridized carbons (Fsp3) is 0.500. The summed E-state index contributed by atoms with van der Waals surface area (Å²) in [5.74, 6) is 1.16. The Morgan fingerprint density at radius 2 is 1.80 bits per heavy atom. The van der Waals surface area contributed by atoms with Gasteiger partial charge in [0.15, 0.2) is 0 Å². The van der Waals surface area contributed by atoms with Crippen LogP contribution in [0.15, 0.2) is 48.5 Å². The standard InChI is InChI=1S/C28H34ClN3O3/c1-34-28(33)26(18-21-5-3-2-4-6-21)32-15-9-22(10-16-32)20-31-13-11-24(12-14-31)35-27-8-7-23(19-30)17-25(27)29/h2-8,17,22,24,26H,9-16,18,20H2,1H3/t26-/m0/s1. The molecule has 0 aliphatic carbocycles. The van der Waals surface area contributed by atoms with E-state index >= 15 is 0 Å². The van der Waals surface area contributed by atoms with Crippen LogP contribution in [0.25, 0.3) is 0 Å². The zero-order chi connectivity index (χ0) is 24.6. The molecule has 0 spiro atoms. The van der Waals surface area contributed by atoms with E-state index in [0.717, 1.165) is 64.0 Å². The van der Waals surface area contributed by atoms with Crippen LogP contribution in [-0.2, 0) is 16.0 Å². The maximum atomic E-state index is 12.5. The van der Waals surface area contributed by atoms with E-state index in [0.29, 0.717) is 28.7 Å². The van der Waals surface area contributed by atoms with Gasteiger partial charge in [-0.15, -0.1) is 0 Å². The fourth-order valence-electron chi connectivity index (χ4n) is 5.20. The van der Waals surface area contributed by atoms with Crippen molar-refractivity contribution in [3.63, 3.8) is 0 Å². The molecule has 0 radical (unpaired) electrons. The average Bonchev–Trinajstić information content (AvgIpc) is 2.90. The fourth-order valence-corrected chi connectivity index (χ4v) is 5.43. The van der Waals surface area contributed by atoms with E-state index in [1.54, 1.807) is 18.2 Å².